The molecule has 0 aliphatic heterocycles. The molecule has 2 rings (SSSR count). The van der Waals surface area contributed by atoms with Crippen LogP contribution in [0.15, 0.2) is 48.5 Å². The van der Waals surface area contributed by atoms with E-state index in [-0.39, 0.29) is 5.41 Å². The average Bonchev–Trinajstić information content (AvgIpc) is 2.49. The van der Waals surface area contributed by atoms with Gasteiger partial charge in [-0.15, -0.1) is 23.2 Å². The van der Waals surface area contributed by atoms with Gasteiger partial charge in [0.1, 0.15) is 0 Å². The summed E-state index contributed by atoms with van der Waals surface area (Å²) < 4.78 is 0. The van der Waals surface area contributed by atoms with Crippen molar-refractivity contribution in [3.8, 4) is 0 Å². The fourth-order valence-corrected chi connectivity index (χ4v) is 3.43. The lowest BCUT2D eigenvalue weighted by Gasteiger charge is -2.31. The van der Waals surface area contributed by atoms with Gasteiger partial charge >= 0.3 is 0 Å². The number of rotatable bonds is 5. The molecule has 2 heteroatoms. The predicted octanol–water partition coefficient (Wildman–Crippen LogP) is 5.26. The fourth-order valence-electron chi connectivity index (χ4n) is 2.64. The second-order valence-electron chi connectivity index (χ2n) is 5.46. The van der Waals surface area contributed by atoms with Gasteiger partial charge in [0.15, 0.2) is 0 Å². The maximum absolute atomic E-state index is 6.33. The molecular formula is C18H20Cl2. The minimum Gasteiger partial charge on any atom is -0.126 e. The van der Waals surface area contributed by atoms with E-state index >= 15 is 0 Å². The second-order valence-corrected chi connectivity index (χ2v) is 6.00. The Morgan fingerprint density at radius 3 is 1.85 bits per heavy atom. The molecule has 0 aromatic heterocycles. The SMILES string of the molecule is Cc1cccc(C)c1CC(CCl)(CCl)c1ccccc1. The molecule has 0 bridgehead atoms. The van der Waals surface area contributed by atoms with Gasteiger partial charge in [0.05, 0.1) is 0 Å². The van der Waals surface area contributed by atoms with E-state index in [1.165, 1.54) is 22.3 Å². The van der Waals surface area contributed by atoms with E-state index in [2.05, 4.69) is 44.2 Å². The highest BCUT2D eigenvalue weighted by atomic mass is 35.5. The number of halogens is 2. The smallest absolute Gasteiger partial charge is 0.0335 e. The molecule has 0 spiro atoms. The number of hydrogen-bond donors (Lipinski definition) is 0. The lowest BCUT2D eigenvalue weighted by atomic mass is 9.77. The summed E-state index contributed by atoms with van der Waals surface area (Å²) in [6, 6.07) is 16.8. The van der Waals surface area contributed by atoms with Crippen LogP contribution in [-0.2, 0) is 11.8 Å². The van der Waals surface area contributed by atoms with Crippen molar-refractivity contribution in [3.05, 3.63) is 70.8 Å². The van der Waals surface area contributed by atoms with Gasteiger partial charge in [-0.3, -0.25) is 0 Å². The van der Waals surface area contributed by atoms with Crippen LogP contribution in [-0.4, -0.2) is 11.8 Å². The maximum Gasteiger partial charge on any atom is 0.0335 e. The first kappa shape index (κ1) is 15.4. The zero-order chi connectivity index (χ0) is 14.6. The number of alkyl halides is 2. The minimum absolute atomic E-state index is 0.207. The van der Waals surface area contributed by atoms with E-state index in [0.717, 1.165) is 6.42 Å². The Labute approximate surface area is 131 Å². The Kier molecular flexibility index (Phi) is 5.12. The van der Waals surface area contributed by atoms with Crippen LogP contribution < -0.4 is 0 Å². The topological polar surface area (TPSA) is 0 Å². The predicted molar refractivity (Wildman–Crippen MR) is 89.2 cm³/mol. The molecular weight excluding hydrogens is 287 g/mol. The van der Waals surface area contributed by atoms with Crippen molar-refractivity contribution in [3.63, 3.8) is 0 Å². The third kappa shape index (κ3) is 3.02. The largest absolute Gasteiger partial charge is 0.126 e. The summed E-state index contributed by atoms with van der Waals surface area (Å²) in [5.41, 5.74) is 4.98. The van der Waals surface area contributed by atoms with E-state index in [1.807, 2.05) is 18.2 Å². The number of hydrogen-bond acceptors (Lipinski definition) is 0. The van der Waals surface area contributed by atoms with Crippen molar-refractivity contribution < 1.29 is 0 Å². The lowest BCUT2D eigenvalue weighted by molar-refractivity contribution is 0.533. The molecule has 0 radical (unpaired) electrons. The first-order valence-electron chi connectivity index (χ1n) is 6.85. The molecule has 0 heterocycles. The Bertz CT molecular complexity index is 537. The van der Waals surface area contributed by atoms with Crippen molar-refractivity contribution >= 4 is 23.2 Å². The summed E-state index contributed by atoms with van der Waals surface area (Å²) in [6.07, 6.45) is 0.878. The van der Waals surface area contributed by atoms with Crippen LogP contribution in [0, 0.1) is 13.8 Å². The molecule has 0 saturated carbocycles. The number of aryl methyl sites for hydroxylation is 2. The Morgan fingerprint density at radius 2 is 1.35 bits per heavy atom. The first-order chi connectivity index (χ1) is 9.63. The molecule has 0 fully saturated rings. The van der Waals surface area contributed by atoms with Crippen molar-refractivity contribution in [1.82, 2.24) is 0 Å². The zero-order valence-electron chi connectivity index (χ0n) is 12.0. The zero-order valence-corrected chi connectivity index (χ0v) is 13.5. The molecule has 0 aliphatic rings. The van der Waals surface area contributed by atoms with E-state index in [9.17, 15) is 0 Å². The van der Waals surface area contributed by atoms with E-state index in [0.29, 0.717) is 11.8 Å². The van der Waals surface area contributed by atoms with Gasteiger partial charge in [0.25, 0.3) is 0 Å². The van der Waals surface area contributed by atoms with Gasteiger partial charge in [-0.1, -0.05) is 48.5 Å². The Morgan fingerprint density at radius 1 is 0.800 bits per heavy atom. The van der Waals surface area contributed by atoms with Gasteiger partial charge in [0, 0.05) is 17.2 Å². The van der Waals surface area contributed by atoms with Crippen molar-refractivity contribution in [2.75, 3.05) is 11.8 Å². The van der Waals surface area contributed by atoms with Gasteiger partial charge < -0.3 is 0 Å². The summed E-state index contributed by atoms with van der Waals surface area (Å²) in [5, 5.41) is 0. The summed E-state index contributed by atoms with van der Waals surface area (Å²) in [4.78, 5) is 0. The highest BCUT2D eigenvalue weighted by Crippen LogP contribution is 2.33. The standard InChI is InChI=1S/C18H20Cl2/c1-14-7-6-8-15(2)17(14)11-18(12-19,13-20)16-9-4-3-5-10-16/h3-10H,11-13H2,1-2H3. The Hall–Kier alpha value is -0.980. The molecule has 0 aliphatic carbocycles. The van der Waals surface area contributed by atoms with Gasteiger partial charge in [0.2, 0.25) is 0 Å². The molecule has 0 amide bonds. The van der Waals surface area contributed by atoms with Crippen LogP contribution in [0.2, 0.25) is 0 Å². The highest BCUT2D eigenvalue weighted by Gasteiger charge is 2.31. The molecule has 106 valence electrons. The lowest BCUT2D eigenvalue weighted by Crippen LogP contribution is -2.33. The van der Waals surface area contributed by atoms with Gasteiger partial charge in [-0.05, 0) is 42.5 Å². The molecule has 0 saturated heterocycles. The van der Waals surface area contributed by atoms with Gasteiger partial charge in [-0.25, -0.2) is 0 Å². The van der Waals surface area contributed by atoms with E-state index < -0.39 is 0 Å². The van der Waals surface area contributed by atoms with E-state index in [4.69, 9.17) is 23.2 Å². The second kappa shape index (κ2) is 6.65. The molecule has 2 aromatic carbocycles. The third-order valence-electron chi connectivity index (χ3n) is 4.06. The van der Waals surface area contributed by atoms with Crippen LogP contribution in [0.1, 0.15) is 22.3 Å². The highest BCUT2D eigenvalue weighted by molar-refractivity contribution is 6.22. The Balaban J connectivity index is 2.45. The average molecular weight is 307 g/mol. The minimum atomic E-state index is -0.207. The molecule has 2 aromatic rings. The monoisotopic (exact) mass is 306 g/mol. The summed E-state index contributed by atoms with van der Waals surface area (Å²) in [7, 11) is 0. The number of benzene rings is 2. The molecule has 0 N–H and O–H groups in total. The maximum atomic E-state index is 6.33. The van der Waals surface area contributed by atoms with E-state index in [1.54, 1.807) is 0 Å². The first-order valence-corrected chi connectivity index (χ1v) is 7.92. The fraction of sp³-hybridized carbons (Fsp3) is 0.333. The quantitative estimate of drug-likeness (QED) is 0.661. The third-order valence-corrected chi connectivity index (χ3v) is 5.08. The molecule has 20 heavy (non-hydrogen) atoms. The molecule has 0 unspecified atom stereocenters. The molecule has 0 atom stereocenters. The van der Waals surface area contributed by atoms with Crippen molar-refractivity contribution in [1.29, 1.82) is 0 Å². The molecule has 0 nitrogen and oxygen atoms in total. The van der Waals surface area contributed by atoms with Crippen LogP contribution in [0.4, 0.5) is 0 Å². The van der Waals surface area contributed by atoms with Crippen LogP contribution in [0.5, 0.6) is 0 Å². The van der Waals surface area contributed by atoms with Gasteiger partial charge in [-0.2, -0.15) is 0 Å². The van der Waals surface area contributed by atoms with Crippen LogP contribution in [0.25, 0.3) is 0 Å². The summed E-state index contributed by atoms with van der Waals surface area (Å²) in [6.45, 7) is 4.31. The normalized spacial score (nSPS) is 11.6. The van der Waals surface area contributed by atoms with Crippen LogP contribution in [0.3, 0.4) is 0 Å². The van der Waals surface area contributed by atoms with Crippen molar-refractivity contribution in [2.24, 2.45) is 0 Å². The summed E-state index contributed by atoms with van der Waals surface area (Å²) in [5.74, 6) is 1.04. The van der Waals surface area contributed by atoms with Crippen molar-refractivity contribution in [2.45, 2.75) is 25.7 Å². The van der Waals surface area contributed by atoms with Crippen LogP contribution >= 0.6 is 23.2 Å². The summed E-state index contributed by atoms with van der Waals surface area (Å²) >= 11 is 12.7.